The van der Waals surface area contributed by atoms with Gasteiger partial charge in [0.2, 0.25) is 5.82 Å². The lowest BCUT2D eigenvalue weighted by Gasteiger charge is -2.02. The van der Waals surface area contributed by atoms with Crippen LogP contribution in [0.15, 0.2) is 0 Å². The van der Waals surface area contributed by atoms with Crippen LogP contribution in [0.4, 0.5) is 22.0 Å². The molecule has 0 fully saturated rings. The summed E-state index contributed by atoms with van der Waals surface area (Å²) in [5, 5.41) is 0. The SMILES string of the molecule is Fc1c(F)c(F)c(C#CCCS)c(F)c1F. The van der Waals surface area contributed by atoms with Crippen LogP contribution in [0.25, 0.3) is 0 Å². The van der Waals surface area contributed by atoms with Crippen LogP contribution in [0.1, 0.15) is 12.0 Å². The lowest BCUT2D eigenvalue weighted by Crippen LogP contribution is -2.04. The smallest absolute Gasteiger partial charge is 0.200 e. The van der Waals surface area contributed by atoms with Gasteiger partial charge in [-0.3, -0.25) is 0 Å². The Kier molecular flexibility index (Phi) is 4.19. The van der Waals surface area contributed by atoms with Gasteiger partial charge in [0, 0.05) is 12.2 Å². The van der Waals surface area contributed by atoms with Crippen LogP contribution in [-0.4, -0.2) is 5.75 Å². The van der Waals surface area contributed by atoms with Crippen LogP contribution in [0, 0.1) is 40.9 Å². The Morgan fingerprint density at radius 1 is 0.812 bits per heavy atom. The van der Waals surface area contributed by atoms with E-state index < -0.39 is 34.6 Å². The second-order valence-corrected chi connectivity index (χ2v) is 3.17. The molecule has 0 aliphatic rings. The summed E-state index contributed by atoms with van der Waals surface area (Å²) in [7, 11) is 0. The molecule has 0 nitrogen and oxygen atoms in total. The molecule has 0 spiro atoms. The highest BCUT2D eigenvalue weighted by Gasteiger charge is 2.24. The summed E-state index contributed by atoms with van der Waals surface area (Å²) >= 11 is 3.78. The number of halogens is 5. The molecule has 0 bridgehead atoms. The van der Waals surface area contributed by atoms with E-state index in [1.54, 1.807) is 0 Å². The monoisotopic (exact) mass is 252 g/mol. The molecule has 0 atom stereocenters. The van der Waals surface area contributed by atoms with Crippen molar-refractivity contribution in [3.8, 4) is 11.8 Å². The summed E-state index contributed by atoms with van der Waals surface area (Å²) in [4.78, 5) is 0. The molecule has 0 unspecified atom stereocenters. The van der Waals surface area contributed by atoms with Gasteiger partial charge in [0.15, 0.2) is 23.3 Å². The van der Waals surface area contributed by atoms with Crippen molar-refractivity contribution in [3.63, 3.8) is 0 Å². The normalized spacial score (nSPS) is 9.88. The Balaban J connectivity index is 3.36. The van der Waals surface area contributed by atoms with Crippen molar-refractivity contribution < 1.29 is 22.0 Å². The fraction of sp³-hybridized carbons (Fsp3) is 0.200. The molecular formula is C10H5F5S. The van der Waals surface area contributed by atoms with Crippen molar-refractivity contribution in [2.45, 2.75) is 6.42 Å². The summed E-state index contributed by atoms with van der Waals surface area (Å²) in [6, 6.07) is 0. The predicted molar refractivity (Wildman–Crippen MR) is 51.6 cm³/mol. The van der Waals surface area contributed by atoms with Crippen molar-refractivity contribution in [3.05, 3.63) is 34.6 Å². The molecule has 1 aromatic rings. The summed E-state index contributed by atoms with van der Waals surface area (Å²) in [6.07, 6.45) is 0.183. The van der Waals surface area contributed by atoms with E-state index >= 15 is 0 Å². The van der Waals surface area contributed by atoms with Crippen LogP contribution in [-0.2, 0) is 0 Å². The highest BCUT2D eigenvalue weighted by Crippen LogP contribution is 2.22. The zero-order valence-electron chi connectivity index (χ0n) is 7.75. The topological polar surface area (TPSA) is 0 Å². The van der Waals surface area contributed by atoms with E-state index in [2.05, 4.69) is 18.5 Å². The molecule has 0 aromatic heterocycles. The van der Waals surface area contributed by atoms with Gasteiger partial charge in [0.1, 0.15) is 5.56 Å². The molecule has 16 heavy (non-hydrogen) atoms. The maximum Gasteiger partial charge on any atom is 0.200 e. The third kappa shape index (κ3) is 2.30. The molecule has 0 aliphatic carbocycles. The minimum Gasteiger partial charge on any atom is -0.202 e. The molecule has 0 saturated carbocycles. The number of thiol groups is 1. The molecule has 0 N–H and O–H groups in total. The van der Waals surface area contributed by atoms with E-state index in [9.17, 15) is 22.0 Å². The van der Waals surface area contributed by atoms with Crippen molar-refractivity contribution in [1.29, 1.82) is 0 Å². The molecular weight excluding hydrogens is 247 g/mol. The van der Waals surface area contributed by atoms with Gasteiger partial charge >= 0.3 is 0 Å². The van der Waals surface area contributed by atoms with Crippen molar-refractivity contribution >= 4 is 12.6 Å². The maximum absolute atomic E-state index is 13.0. The predicted octanol–water partition coefficient (Wildman–Crippen LogP) is 3.05. The summed E-state index contributed by atoms with van der Waals surface area (Å²) in [5.74, 6) is -5.53. The molecule has 0 amide bonds. The summed E-state index contributed by atoms with van der Waals surface area (Å²) in [6.45, 7) is 0. The standard InChI is InChI=1S/C10H5F5S/c11-6-5(3-1-2-4-16)7(12)9(14)10(15)8(6)13/h16H,2,4H2. The van der Waals surface area contributed by atoms with Crippen molar-refractivity contribution in [2.24, 2.45) is 0 Å². The fourth-order valence-corrected chi connectivity index (χ4v) is 1.03. The molecule has 1 aromatic carbocycles. The lowest BCUT2D eigenvalue weighted by molar-refractivity contribution is 0.376. The second kappa shape index (κ2) is 5.21. The summed E-state index contributed by atoms with van der Waals surface area (Å²) < 4.78 is 63.9. The molecule has 0 heterocycles. The van der Waals surface area contributed by atoms with Gasteiger partial charge in [-0.25, -0.2) is 22.0 Å². The van der Waals surface area contributed by atoms with E-state index in [1.807, 2.05) is 5.92 Å². The van der Waals surface area contributed by atoms with Crippen molar-refractivity contribution in [1.82, 2.24) is 0 Å². The van der Waals surface area contributed by atoms with Gasteiger partial charge in [0.25, 0.3) is 0 Å². The second-order valence-electron chi connectivity index (χ2n) is 2.72. The minimum atomic E-state index is -2.19. The highest BCUT2D eigenvalue weighted by atomic mass is 32.1. The molecule has 6 heteroatoms. The average Bonchev–Trinajstić information content (AvgIpc) is 2.28. The van der Waals surface area contributed by atoms with Crippen LogP contribution in [0.5, 0.6) is 0 Å². The van der Waals surface area contributed by atoms with Crippen LogP contribution >= 0.6 is 12.6 Å². The Hall–Kier alpha value is -1.22. The highest BCUT2D eigenvalue weighted by molar-refractivity contribution is 7.80. The van der Waals surface area contributed by atoms with E-state index in [0.29, 0.717) is 5.75 Å². The van der Waals surface area contributed by atoms with E-state index in [1.165, 1.54) is 0 Å². The maximum atomic E-state index is 13.0. The summed E-state index contributed by atoms with van der Waals surface area (Å²) in [5.41, 5.74) is -1.11. The number of rotatable bonds is 1. The zero-order valence-corrected chi connectivity index (χ0v) is 8.65. The fourth-order valence-electron chi connectivity index (χ4n) is 0.921. The first-order chi connectivity index (χ1) is 7.50. The first-order valence-electron chi connectivity index (χ1n) is 4.11. The van der Waals surface area contributed by atoms with Gasteiger partial charge in [-0.2, -0.15) is 12.6 Å². The van der Waals surface area contributed by atoms with E-state index in [4.69, 9.17) is 0 Å². The van der Waals surface area contributed by atoms with Crippen LogP contribution in [0.3, 0.4) is 0 Å². The number of hydrogen-bond acceptors (Lipinski definition) is 1. The molecule has 1 rings (SSSR count). The minimum absolute atomic E-state index is 0.183. The Morgan fingerprint density at radius 2 is 1.25 bits per heavy atom. The Morgan fingerprint density at radius 3 is 1.69 bits per heavy atom. The molecule has 0 radical (unpaired) electrons. The first kappa shape index (κ1) is 12.8. The van der Waals surface area contributed by atoms with Gasteiger partial charge in [-0.05, 0) is 0 Å². The first-order valence-corrected chi connectivity index (χ1v) is 4.75. The molecule has 0 saturated heterocycles. The Labute approximate surface area is 93.9 Å². The molecule has 86 valence electrons. The van der Waals surface area contributed by atoms with E-state index in [-0.39, 0.29) is 6.42 Å². The Bertz CT molecular complexity index is 443. The van der Waals surface area contributed by atoms with Crippen LogP contribution in [0.2, 0.25) is 0 Å². The third-order valence-electron chi connectivity index (χ3n) is 1.66. The number of hydrogen-bond donors (Lipinski definition) is 1. The average molecular weight is 252 g/mol. The van der Waals surface area contributed by atoms with E-state index in [0.717, 1.165) is 0 Å². The number of benzene rings is 1. The van der Waals surface area contributed by atoms with Gasteiger partial charge in [-0.15, -0.1) is 0 Å². The largest absolute Gasteiger partial charge is 0.202 e. The molecule has 0 aliphatic heterocycles. The third-order valence-corrected chi connectivity index (χ3v) is 1.88. The van der Waals surface area contributed by atoms with Gasteiger partial charge in [0.05, 0.1) is 0 Å². The van der Waals surface area contributed by atoms with Crippen LogP contribution < -0.4 is 0 Å². The van der Waals surface area contributed by atoms with Gasteiger partial charge < -0.3 is 0 Å². The quantitative estimate of drug-likeness (QED) is 0.256. The zero-order chi connectivity index (χ0) is 12.3. The lowest BCUT2D eigenvalue weighted by atomic mass is 10.1. The van der Waals surface area contributed by atoms with Gasteiger partial charge in [-0.1, -0.05) is 11.8 Å². The van der Waals surface area contributed by atoms with Crippen molar-refractivity contribution in [2.75, 3.05) is 5.75 Å².